The molecule has 4 aromatic rings. The van der Waals surface area contributed by atoms with E-state index in [0.717, 1.165) is 39.1 Å². The van der Waals surface area contributed by atoms with Crippen LogP contribution >= 0.6 is 0 Å². The molecule has 2 aromatic carbocycles. The van der Waals surface area contributed by atoms with Crippen LogP contribution in [0, 0.1) is 41.7 Å². The molecule has 0 amide bonds. The molecule has 0 spiro atoms. The molecule has 8 nitrogen and oxygen atoms in total. The van der Waals surface area contributed by atoms with Gasteiger partial charge in [-0.25, -0.2) is 8.78 Å². The lowest BCUT2D eigenvalue weighted by molar-refractivity contribution is 0.135. The summed E-state index contributed by atoms with van der Waals surface area (Å²) in [5.74, 6) is 2.88. The first kappa shape index (κ1) is 24.7. The predicted molar refractivity (Wildman–Crippen MR) is 149 cm³/mol. The van der Waals surface area contributed by atoms with Gasteiger partial charge in [-0.3, -0.25) is 4.98 Å². The topological polar surface area (TPSA) is 92.6 Å². The second-order valence-electron chi connectivity index (χ2n) is 11.6. The number of anilines is 1. The van der Waals surface area contributed by atoms with E-state index < -0.39 is 11.6 Å². The van der Waals surface area contributed by atoms with Gasteiger partial charge in [-0.05, 0) is 48.3 Å². The molecular weight excluding hydrogens is 528 g/mol. The van der Waals surface area contributed by atoms with Gasteiger partial charge >= 0.3 is 6.01 Å². The quantitative estimate of drug-likeness (QED) is 0.357. The van der Waals surface area contributed by atoms with Gasteiger partial charge < -0.3 is 24.8 Å². The summed E-state index contributed by atoms with van der Waals surface area (Å²) in [5, 5.41) is 15.3. The fourth-order valence-corrected chi connectivity index (χ4v) is 7.01. The van der Waals surface area contributed by atoms with Gasteiger partial charge in [0.05, 0.1) is 30.8 Å². The lowest BCUT2D eigenvalue weighted by atomic mass is 9.96. The zero-order valence-corrected chi connectivity index (χ0v) is 22.1. The smallest absolute Gasteiger partial charge is 0.319 e. The zero-order chi connectivity index (χ0) is 27.8. The summed E-state index contributed by atoms with van der Waals surface area (Å²) in [4.78, 5) is 15.9. The Morgan fingerprint density at radius 1 is 1.12 bits per heavy atom. The molecule has 41 heavy (non-hydrogen) atoms. The maximum absolute atomic E-state index is 16.6. The molecule has 4 fully saturated rings. The summed E-state index contributed by atoms with van der Waals surface area (Å²) in [6.07, 6.45) is 9.36. The van der Waals surface area contributed by atoms with Crippen LogP contribution in [-0.4, -0.2) is 65.1 Å². The predicted octanol–water partition coefficient (Wildman–Crippen LogP) is 4.02. The SMILES string of the molecule is C#Cc1c(F)ccc2cc(O)cc(-c3ncc4c(N5C[C@H]6CC[C@@H](C5)N6)nc(OCC5C6COCC65)nc4c3F)c12. The molecular formula is C31H27F2N5O3. The van der Waals surface area contributed by atoms with Crippen molar-refractivity contribution >= 4 is 27.5 Å². The highest BCUT2D eigenvalue weighted by molar-refractivity contribution is 6.03. The number of benzene rings is 2. The molecule has 2 unspecified atom stereocenters. The molecule has 208 valence electrons. The fraction of sp³-hybridized carbons (Fsp3) is 0.387. The van der Waals surface area contributed by atoms with Gasteiger partial charge in [0.2, 0.25) is 0 Å². The van der Waals surface area contributed by atoms with Crippen molar-refractivity contribution in [2.45, 2.75) is 24.9 Å². The minimum absolute atomic E-state index is 0.0264. The van der Waals surface area contributed by atoms with Crippen molar-refractivity contribution < 1.29 is 23.4 Å². The van der Waals surface area contributed by atoms with Crippen LogP contribution in [0.2, 0.25) is 0 Å². The number of fused-ring (bicyclic) bond motifs is 5. The molecule has 8 rings (SSSR count). The monoisotopic (exact) mass is 555 g/mol. The van der Waals surface area contributed by atoms with Crippen LogP contribution in [0.5, 0.6) is 11.8 Å². The molecule has 1 saturated carbocycles. The number of phenols is 1. The van der Waals surface area contributed by atoms with Gasteiger partial charge in [-0.2, -0.15) is 9.97 Å². The van der Waals surface area contributed by atoms with Gasteiger partial charge in [0.15, 0.2) is 5.82 Å². The number of halogens is 2. The Balaban J connectivity index is 1.27. The first-order chi connectivity index (χ1) is 20.0. The number of nitrogens with zero attached hydrogens (tertiary/aromatic N) is 4. The van der Waals surface area contributed by atoms with Gasteiger partial charge in [0.25, 0.3) is 0 Å². The van der Waals surface area contributed by atoms with E-state index in [1.807, 2.05) is 0 Å². The third kappa shape index (κ3) is 3.98. The van der Waals surface area contributed by atoms with Crippen LogP contribution in [0.3, 0.4) is 0 Å². The highest BCUT2D eigenvalue weighted by atomic mass is 19.1. The van der Waals surface area contributed by atoms with Crippen LogP contribution in [0.25, 0.3) is 32.9 Å². The van der Waals surface area contributed by atoms with Gasteiger partial charge in [0, 0.05) is 48.2 Å². The molecule has 2 aromatic heterocycles. The Hall–Kier alpha value is -4.07. The number of rotatable bonds is 5. The lowest BCUT2D eigenvalue weighted by Gasteiger charge is -2.34. The van der Waals surface area contributed by atoms with Crippen LogP contribution in [0.15, 0.2) is 30.5 Å². The average molecular weight is 556 g/mol. The molecule has 10 heteroatoms. The van der Waals surface area contributed by atoms with Crippen molar-refractivity contribution in [2.75, 3.05) is 37.8 Å². The number of aromatic nitrogens is 3. The highest BCUT2D eigenvalue weighted by Crippen LogP contribution is 2.50. The van der Waals surface area contributed by atoms with Gasteiger partial charge in [-0.1, -0.05) is 12.0 Å². The Kier molecular flexibility index (Phi) is 5.56. The number of aromatic hydroxyl groups is 1. The first-order valence-corrected chi connectivity index (χ1v) is 14.0. The summed E-state index contributed by atoms with van der Waals surface area (Å²) >= 11 is 0. The fourth-order valence-electron chi connectivity index (χ4n) is 7.01. The Morgan fingerprint density at radius 2 is 1.90 bits per heavy atom. The molecule has 0 radical (unpaired) electrons. The summed E-state index contributed by atoms with van der Waals surface area (Å²) in [6.45, 7) is 3.40. The van der Waals surface area contributed by atoms with Crippen molar-refractivity contribution in [1.29, 1.82) is 0 Å². The van der Waals surface area contributed by atoms with E-state index in [-0.39, 0.29) is 34.1 Å². The second-order valence-corrected chi connectivity index (χ2v) is 11.6. The number of ether oxygens (including phenoxy) is 2. The van der Waals surface area contributed by atoms with E-state index in [1.54, 1.807) is 6.20 Å². The highest BCUT2D eigenvalue weighted by Gasteiger charge is 2.54. The maximum Gasteiger partial charge on any atom is 0.319 e. The number of nitrogens with one attached hydrogen (secondary N) is 1. The van der Waals surface area contributed by atoms with Crippen LogP contribution in [0.1, 0.15) is 18.4 Å². The Labute approximate surface area is 234 Å². The van der Waals surface area contributed by atoms with E-state index in [2.05, 4.69) is 26.1 Å². The molecule has 4 atom stereocenters. The molecule has 4 aliphatic rings. The normalized spacial score (nSPS) is 26.4. The van der Waals surface area contributed by atoms with E-state index in [9.17, 15) is 9.50 Å². The second kappa shape index (κ2) is 9.23. The molecule has 1 aliphatic carbocycles. The summed E-state index contributed by atoms with van der Waals surface area (Å²) in [6, 6.07) is 6.31. The van der Waals surface area contributed by atoms with Crippen LogP contribution in [-0.2, 0) is 4.74 Å². The summed E-state index contributed by atoms with van der Waals surface area (Å²) < 4.78 is 42.9. The van der Waals surface area contributed by atoms with Crippen molar-refractivity contribution in [3.05, 3.63) is 47.7 Å². The zero-order valence-electron chi connectivity index (χ0n) is 22.1. The van der Waals surface area contributed by atoms with Crippen LogP contribution < -0.4 is 15.0 Å². The third-order valence-electron chi connectivity index (χ3n) is 9.15. The molecule has 2 N–H and O–H groups in total. The number of hydrogen-bond acceptors (Lipinski definition) is 8. The lowest BCUT2D eigenvalue weighted by Crippen LogP contribution is -2.51. The van der Waals surface area contributed by atoms with Gasteiger partial charge in [0.1, 0.15) is 28.6 Å². The van der Waals surface area contributed by atoms with E-state index in [0.29, 0.717) is 58.4 Å². The Morgan fingerprint density at radius 3 is 2.66 bits per heavy atom. The molecule has 3 aliphatic heterocycles. The first-order valence-electron chi connectivity index (χ1n) is 14.0. The van der Waals surface area contributed by atoms with E-state index in [1.165, 1.54) is 24.3 Å². The summed E-state index contributed by atoms with van der Waals surface area (Å²) in [7, 11) is 0. The third-order valence-corrected chi connectivity index (χ3v) is 9.15. The number of terminal acetylenes is 1. The average Bonchev–Trinajstić information content (AvgIpc) is 3.24. The number of pyridine rings is 1. The number of hydrogen-bond donors (Lipinski definition) is 2. The number of piperazine rings is 1. The van der Waals surface area contributed by atoms with Crippen molar-refractivity contribution in [3.63, 3.8) is 0 Å². The van der Waals surface area contributed by atoms with Gasteiger partial charge in [-0.15, -0.1) is 6.42 Å². The standard InChI is InChI=1S/C31H27F2N5O3/c1-2-19-25(32)6-3-15-7-18(39)8-20(26(15)19)28-27(33)29-21(9-34-28)30(38-10-16-4-5-17(11-38)35-16)37-31(36-29)41-14-24-22-12-40-13-23(22)24/h1,3,6-9,16-17,22-24,35,39H,4-5,10-14H2/t16-,17+,22?,23?,24?. The molecule has 2 bridgehead atoms. The minimum Gasteiger partial charge on any atom is -0.508 e. The maximum atomic E-state index is 16.6. The van der Waals surface area contributed by atoms with E-state index >= 15 is 4.39 Å². The Bertz CT molecular complexity index is 1750. The van der Waals surface area contributed by atoms with Crippen molar-refractivity contribution in [1.82, 2.24) is 20.3 Å². The molecule has 3 saturated heterocycles. The van der Waals surface area contributed by atoms with Crippen molar-refractivity contribution in [3.8, 4) is 35.4 Å². The molecule has 5 heterocycles. The largest absolute Gasteiger partial charge is 0.508 e. The minimum atomic E-state index is -0.718. The van der Waals surface area contributed by atoms with Crippen molar-refractivity contribution in [2.24, 2.45) is 17.8 Å². The number of phenolic OH excluding ortho intramolecular Hbond substituents is 1. The van der Waals surface area contributed by atoms with E-state index in [4.69, 9.17) is 20.9 Å². The van der Waals surface area contributed by atoms with Crippen LogP contribution in [0.4, 0.5) is 14.6 Å². The summed E-state index contributed by atoms with van der Waals surface area (Å²) in [5.41, 5.74) is 0.114.